The Bertz CT molecular complexity index is 389. The maximum atomic E-state index is 11.4. The molecule has 0 aromatic heterocycles. The van der Waals surface area contributed by atoms with E-state index in [1.54, 1.807) is 36.5 Å². The second-order valence-corrected chi connectivity index (χ2v) is 3.31. The number of amides is 1. The number of isothiocyanates is 1. The third kappa shape index (κ3) is 6.85. The van der Waals surface area contributed by atoms with Gasteiger partial charge in [0.05, 0.1) is 11.8 Å². The molecule has 1 aromatic rings. The van der Waals surface area contributed by atoms with E-state index >= 15 is 0 Å². The van der Waals surface area contributed by atoms with Crippen molar-refractivity contribution in [2.75, 3.05) is 13.7 Å². The number of rotatable bonds is 5. The molecule has 0 fully saturated rings. The number of carbonyl (C=O) groups is 1. The Morgan fingerprint density at radius 3 is 2.50 bits per heavy atom. The molecule has 6 nitrogen and oxygen atoms in total. The predicted octanol–water partition coefficient (Wildman–Crippen LogP) is 1.25. The van der Waals surface area contributed by atoms with Crippen LogP contribution in [-0.4, -0.2) is 30.0 Å². The fourth-order valence-electron chi connectivity index (χ4n) is 1.10. The summed E-state index contributed by atoms with van der Waals surface area (Å²) >= 11 is 3.81. The van der Waals surface area contributed by atoms with Crippen molar-refractivity contribution in [3.8, 4) is 0 Å². The number of thiocarbonyl (C=S) groups is 1. The van der Waals surface area contributed by atoms with Gasteiger partial charge >= 0.3 is 0 Å². The van der Waals surface area contributed by atoms with Crippen LogP contribution in [0.5, 0.6) is 0 Å². The van der Waals surface area contributed by atoms with Crippen molar-refractivity contribution in [1.29, 1.82) is 5.41 Å². The summed E-state index contributed by atoms with van der Waals surface area (Å²) in [6.45, 7) is 0.554. The van der Waals surface area contributed by atoms with Crippen molar-refractivity contribution in [3.63, 3.8) is 0 Å². The highest BCUT2D eigenvalue weighted by molar-refractivity contribution is 7.78. The fourth-order valence-corrected chi connectivity index (χ4v) is 1.10. The Kier molecular flexibility index (Phi) is 9.57. The van der Waals surface area contributed by atoms with Gasteiger partial charge in [0.1, 0.15) is 6.61 Å². The number of hydrogen-bond donors (Lipinski definition) is 4. The second kappa shape index (κ2) is 10.5. The molecule has 1 aromatic carbocycles. The highest BCUT2D eigenvalue weighted by Crippen LogP contribution is 2.05. The molecule has 0 heterocycles. The molecule has 0 unspecified atom stereocenters. The summed E-state index contributed by atoms with van der Waals surface area (Å²) in [7, 11) is 1.75. The average Bonchev–Trinajstić information content (AvgIpc) is 2.38. The van der Waals surface area contributed by atoms with Crippen molar-refractivity contribution < 1.29 is 14.9 Å². The zero-order chi connectivity index (χ0) is 13.8. The molecule has 18 heavy (non-hydrogen) atoms. The van der Waals surface area contributed by atoms with Crippen LogP contribution in [0.4, 0.5) is 0 Å². The summed E-state index contributed by atoms with van der Waals surface area (Å²) in [5.41, 5.74) is 1.38. The van der Waals surface area contributed by atoms with Crippen LogP contribution in [0.25, 0.3) is 0 Å². The van der Waals surface area contributed by atoms with Gasteiger partial charge in [-0.15, -0.1) is 0 Å². The topological polar surface area (TPSA) is 94.4 Å². The lowest BCUT2D eigenvalue weighted by Crippen LogP contribution is -2.31. The van der Waals surface area contributed by atoms with Crippen molar-refractivity contribution in [3.05, 3.63) is 35.4 Å². The monoisotopic (exact) mass is 269 g/mol. The molecule has 1 rings (SSSR count). The van der Waals surface area contributed by atoms with E-state index in [0.29, 0.717) is 12.2 Å². The highest BCUT2D eigenvalue weighted by atomic mass is 32.1. The number of carbonyl (C=O) groups excluding carboxylic acids is 1. The molecule has 0 bridgehead atoms. The summed E-state index contributed by atoms with van der Waals surface area (Å²) in [4.78, 5) is 15.4. The molecular formula is C11H15N3O3S. The first-order valence-corrected chi connectivity index (χ1v) is 5.42. The summed E-state index contributed by atoms with van der Waals surface area (Å²) in [5.74, 6) is -0.138. The van der Waals surface area contributed by atoms with Gasteiger partial charge in [-0.3, -0.25) is 10.1 Å². The van der Waals surface area contributed by atoms with E-state index < -0.39 is 0 Å². The van der Waals surface area contributed by atoms with Crippen molar-refractivity contribution in [2.45, 2.75) is 6.61 Å². The lowest BCUT2D eigenvalue weighted by atomic mass is 10.1. The maximum Gasteiger partial charge on any atom is 0.252 e. The molecule has 0 saturated heterocycles. The van der Waals surface area contributed by atoms with Crippen LogP contribution in [0.15, 0.2) is 24.3 Å². The molecule has 0 atom stereocenters. The predicted molar refractivity (Wildman–Crippen MR) is 70.6 cm³/mol. The van der Waals surface area contributed by atoms with Gasteiger partial charge in [0.2, 0.25) is 0 Å². The third-order valence-corrected chi connectivity index (χ3v) is 1.87. The second-order valence-electron chi connectivity index (χ2n) is 3.11. The van der Waals surface area contributed by atoms with Gasteiger partial charge < -0.3 is 10.6 Å². The van der Waals surface area contributed by atoms with E-state index in [-0.39, 0.29) is 12.5 Å². The van der Waals surface area contributed by atoms with E-state index in [1.807, 2.05) is 0 Å². The molecule has 4 N–H and O–H groups in total. The van der Waals surface area contributed by atoms with Gasteiger partial charge in [-0.2, -0.15) is 0 Å². The zero-order valence-corrected chi connectivity index (χ0v) is 10.7. The SMILES string of the molecule is CNCNC(=O)c1ccc(COO)cc1.N=C=S. The molecule has 0 radical (unpaired) electrons. The van der Waals surface area contributed by atoms with Gasteiger partial charge in [0, 0.05) is 5.56 Å². The molecule has 0 aliphatic carbocycles. The minimum Gasteiger partial charge on any atom is -0.339 e. The summed E-state index contributed by atoms with van der Waals surface area (Å²) in [5, 5.41) is 21.1. The molecule has 0 aliphatic heterocycles. The van der Waals surface area contributed by atoms with Crippen LogP contribution < -0.4 is 10.6 Å². The van der Waals surface area contributed by atoms with Crippen molar-refractivity contribution >= 4 is 23.3 Å². The van der Waals surface area contributed by atoms with Crippen LogP contribution in [0, 0.1) is 5.41 Å². The van der Waals surface area contributed by atoms with Gasteiger partial charge in [-0.1, -0.05) is 12.1 Å². The first-order valence-electron chi connectivity index (χ1n) is 5.01. The Labute approximate surface area is 110 Å². The van der Waals surface area contributed by atoms with E-state index in [1.165, 1.54) is 0 Å². The Hall–Kier alpha value is -1.63. The summed E-state index contributed by atoms with van der Waals surface area (Å²) in [6, 6.07) is 6.81. The number of nitrogens with one attached hydrogen (secondary N) is 3. The van der Waals surface area contributed by atoms with Crippen molar-refractivity contribution in [1.82, 2.24) is 10.6 Å². The maximum absolute atomic E-state index is 11.4. The first-order chi connectivity index (χ1) is 8.69. The van der Waals surface area contributed by atoms with Gasteiger partial charge in [-0.25, -0.2) is 10.3 Å². The van der Waals surface area contributed by atoms with E-state index in [9.17, 15) is 4.79 Å². The Morgan fingerprint density at radius 2 is 2.06 bits per heavy atom. The minimum absolute atomic E-state index is 0.123. The molecule has 98 valence electrons. The zero-order valence-electron chi connectivity index (χ0n) is 9.90. The van der Waals surface area contributed by atoms with E-state index in [2.05, 4.69) is 27.7 Å². The smallest absolute Gasteiger partial charge is 0.252 e. The standard InChI is InChI=1S/C10H14N2O3.CHNS/c1-11-7-12-10(13)9-4-2-8(3-5-9)6-15-14;2-1-3/h2-5,11,14H,6-7H2,1H3,(H,12,13);2H. The van der Waals surface area contributed by atoms with Gasteiger partial charge in [0.25, 0.3) is 5.91 Å². The normalized spacial score (nSPS) is 8.78. The minimum atomic E-state index is -0.138. The number of benzene rings is 1. The van der Waals surface area contributed by atoms with Crippen LogP contribution in [0.2, 0.25) is 0 Å². The average molecular weight is 269 g/mol. The Balaban J connectivity index is 0.000000873. The molecular weight excluding hydrogens is 254 g/mol. The van der Waals surface area contributed by atoms with Crippen LogP contribution in [-0.2, 0) is 11.5 Å². The van der Waals surface area contributed by atoms with Crippen LogP contribution >= 0.6 is 12.2 Å². The fraction of sp³-hybridized carbons (Fsp3) is 0.273. The van der Waals surface area contributed by atoms with Crippen LogP contribution in [0.3, 0.4) is 0 Å². The molecule has 0 saturated carbocycles. The van der Waals surface area contributed by atoms with E-state index in [0.717, 1.165) is 5.56 Å². The largest absolute Gasteiger partial charge is 0.339 e. The number of hydrogen-bond acceptors (Lipinski definition) is 6. The molecule has 0 aliphatic rings. The van der Waals surface area contributed by atoms with Gasteiger partial charge in [0.15, 0.2) is 0 Å². The molecule has 7 heteroatoms. The highest BCUT2D eigenvalue weighted by Gasteiger charge is 2.03. The Morgan fingerprint density at radius 1 is 1.50 bits per heavy atom. The summed E-state index contributed by atoms with van der Waals surface area (Å²) in [6.07, 6.45) is 0. The van der Waals surface area contributed by atoms with Crippen molar-refractivity contribution in [2.24, 2.45) is 0 Å². The summed E-state index contributed by atoms with van der Waals surface area (Å²) < 4.78 is 0. The molecule has 0 spiro atoms. The van der Waals surface area contributed by atoms with Crippen LogP contribution in [0.1, 0.15) is 15.9 Å². The van der Waals surface area contributed by atoms with Gasteiger partial charge in [-0.05, 0) is 37.0 Å². The lowest BCUT2D eigenvalue weighted by Gasteiger charge is -2.04. The first kappa shape index (κ1) is 16.4. The third-order valence-electron chi connectivity index (χ3n) is 1.87. The van der Waals surface area contributed by atoms with E-state index in [4.69, 9.17) is 10.7 Å². The lowest BCUT2D eigenvalue weighted by molar-refractivity contribution is -0.253. The molecule has 1 amide bonds. The quantitative estimate of drug-likeness (QED) is 0.212.